The molecule has 3 heterocycles. The molecule has 2 aromatic heterocycles. The lowest BCUT2D eigenvalue weighted by molar-refractivity contribution is 0.122. The van der Waals surface area contributed by atoms with E-state index in [1.54, 1.807) is 7.11 Å². The molecule has 1 aliphatic rings. The first-order chi connectivity index (χ1) is 11.2. The van der Waals surface area contributed by atoms with Gasteiger partial charge in [0.05, 0.1) is 7.11 Å². The third-order valence-electron chi connectivity index (χ3n) is 4.05. The molecule has 0 saturated carbocycles. The van der Waals surface area contributed by atoms with Crippen LogP contribution in [0.3, 0.4) is 0 Å². The lowest BCUT2D eigenvalue weighted by Crippen LogP contribution is -2.45. The monoisotopic (exact) mass is 376 g/mol. The Labute approximate surface area is 145 Å². The summed E-state index contributed by atoms with van der Waals surface area (Å²) in [6, 6.07) is 6.15. The van der Waals surface area contributed by atoms with Crippen molar-refractivity contribution in [2.24, 2.45) is 0 Å². The number of methoxy groups -OCH3 is 1. The fourth-order valence-electron chi connectivity index (χ4n) is 2.79. The zero-order chi connectivity index (χ0) is 16.1. The highest BCUT2D eigenvalue weighted by atomic mass is 79.9. The number of aromatic nitrogens is 2. The predicted molar refractivity (Wildman–Crippen MR) is 93.3 cm³/mol. The molecule has 0 aromatic carbocycles. The van der Waals surface area contributed by atoms with Gasteiger partial charge in [0.1, 0.15) is 0 Å². The van der Waals surface area contributed by atoms with Gasteiger partial charge in [0.15, 0.2) is 0 Å². The minimum atomic E-state index is 0.668. The van der Waals surface area contributed by atoms with Gasteiger partial charge in [0, 0.05) is 68.4 Å². The molecule has 0 unspecified atom stereocenters. The van der Waals surface area contributed by atoms with Gasteiger partial charge in [-0.2, -0.15) is 0 Å². The highest BCUT2D eigenvalue weighted by Gasteiger charge is 2.17. The lowest BCUT2D eigenvalue weighted by Gasteiger charge is -2.34. The molecule has 0 amide bonds. The van der Waals surface area contributed by atoms with Gasteiger partial charge in [0.25, 0.3) is 0 Å². The summed E-state index contributed by atoms with van der Waals surface area (Å²) < 4.78 is 6.14. The Hall–Kier alpha value is -1.50. The second-order valence-corrected chi connectivity index (χ2v) is 6.69. The van der Waals surface area contributed by atoms with E-state index in [-0.39, 0.29) is 0 Å². The minimum absolute atomic E-state index is 0.668. The molecule has 6 heteroatoms. The standard InChI is InChI=1S/C17H21BrN4O/c1-23-17-3-2-14(10-20-17)12-21-4-6-22(7-5-21)13-15-8-16(18)11-19-9-15/h2-3,8-11H,4-7,12-13H2,1H3. The number of rotatable bonds is 5. The van der Waals surface area contributed by atoms with E-state index in [1.807, 2.05) is 24.7 Å². The second kappa shape index (κ2) is 7.86. The lowest BCUT2D eigenvalue weighted by atomic mass is 10.2. The van der Waals surface area contributed by atoms with E-state index < -0.39 is 0 Å². The normalized spacial score (nSPS) is 16.4. The smallest absolute Gasteiger partial charge is 0.212 e. The van der Waals surface area contributed by atoms with Crippen molar-refractivity contribution >= 4 is 15.9 Å². The van der Waals surface area contributed by atoms with E-state index in [4.69, 9.17) is 4.74 Å². The van der Waals surface area contributed by atoms with Crippen molar-refractivity contribution in [2.75, 3.05) is 33.3 Å². The molecule has 2 aromatic rings. The van der Waals surface area contributed by atoms with Gasteiger partial charge in [-0.1, -0.05) is 6.07 Å². The molecule has 0 spiro atoms. The summed E-state index contributed by atoms with van der Waals surface area (Å²) in [4.78, 5) is 13.5. The van der Waals surface area contributed by atoms with Crippen LogP contribution >= 0.6 is 15.9 Å². The van der Waals surface area contributed by atoms with Crippen LogP contribution in [0.5, 0.6) is 5.88 Å². The Morgan fingerprint density at radius 1 is 1.00 bits per heavy atom. The SMILES string of the molecule is COc1ccc(CN2CCN(Cc3cncc(Br)c3)CC2)cn1. The number of hydrogen-bond donors (Lipinski definition) is 0. The summed E-state index contributed by atoms with van der Waals surface area (Å²) in [5.74, 6) is 0.668. The average Bonchev–Trinajstić information content (AvgIpc) is 2.57. The number of hydrogen-bond acceptors (Lipinski definition) is 5. The Morgan fingerprint density at radius 3 is 2.26 bits per heavy atom. The molecule has 3 rings (SSSR count). The summed E-state index contributed by atoms with van der Waals surface area (Å²) in [6.07, 6.45) is 5.67. The number of halogens is 1. The molecule has 1 aliphatic heterocycles. The Bertz CT molecular complexity index is 627. The molecule has 5 nitrogen and oxygen atoms in total. The zero-order valence-electron chi connectivity index (χ0n) is 13.3. The van der Waals surface area contributed by atoms with Crippen molar-refractivity contribution in [1.29, 1.82) is 0 Å². The quantitative estimate of drug-likeness (QED) is 0.801. The summed E-state index contributed by atoms with van der Waals surface area (Å²) in [5.41, 5.74) is 2.49. The van der Waals surface area contributed by atoms with Crippen LogP contribution in [0.4, 0.5) is 0 Å². The maximum absolute atomic E-state index is 5.10. The van der Waals surface area contributed by atoms with Gasteiger partial charge in [-0.15, -0.1) is 0 Å². The summed E-state index contributed by atoms with van der Waals surface area (Å²) >= 11 is 3.48. The number of nitrogens with zero attached hydrogens (tertiary/aromatic N) is 4. The van der Waals surface area contributed by atoms with Gasteiger partial charge >= 0.3 is 0 Å². The van der Waals surface area contributed by atoms with Crippen molar-refractivity contribution in [2.45, 2.75) is 13.1 Å². The van der Waals surface area contributed by atoms with Crippen LogP contribution in [0, 0.1) is 0 Å². The second-order valence-electron chi connectivity index (χ2n) is 5.77. The van der Waals surface area contributed by atoms with E-state index >= 15 is 0 Å². The molecule has 0 N–H and O–H groups in total. The van der Waals surface area contributed by atoms with Crippen LogP contribution in [-0.2, 0) is 13.1 Å². The van der Waals surface area contributed by atoms with Crippen LogP contribution in [0.25, 0.3) is 0 Å². The Balaban J connectivity index is 1.48. The molecule has 0 atom stereocenters. The molecule has 122 valence electrons. The van der Waals surface area contributed by atoms with Crippen molar-refractivity contribution in [3.05, 3.63) is 52.4 Å². The van der Waals surface area contributed by atoms with Crippen molar-refractivity contribution in [1.82, 2.24) is 19.8 Å². The van der Waals surface area contributed by atoms with Crippen molar-refractivity contribution in [3.63, 3.8) is 0 Å². The van der Waals surface area contributed by atoms with Gasteiger partial charge in [-0.3, -0.25) is 14.8 Å². The third-order valence-corrected chi connectivity index (χ3v) is 4.48. The van der Waals surface area contributed by atoms with E-state index in [1.165, 1.54) is 11.1 Å². The van der Waals surface area contributed by atoms with Gasteiger partial charge in [0.2, 0.25) is 5.88 Å². The van der Waals surface area contributed by atoms with Gasteiger partial charge < -0.3 is 4.74 Å². The van der Waals surface area contributed by atoms with Crippen LogP contribution in [0.1, 0.15) is 11.1 Å². The maximum Gasteiger partial charge on any atom is 0.212 e. The molecule has 1 fully saturated rings. The first-order valence-corrected chi connectivity index (χ1v) is 8.55. The molecular formula is C17H21BrN4O. The molecule has 23 heavy (non-hydrogen) atoms. The number of pyridine rings is 2. The fraction of sp³-hybridized carbons (Fsp3) is 0.412. The van der Waals surface area contributed by atoms with E-state index in [2.05, 4.69) is 47.8 Å². The summed E-state index contributed by atoms with van der Waals surface area (Å²) in [5, 5.41) is 0. The average molecular weight is 377 g/mol. The van der Waals surface area contributed by atoms with Crippen LogP contribution in [0.15, 0.2) is 41.3 Å². The van der Waals surface area contributed by atoms with Gasteiger partial charge in [-0.05, 0) is 33.1 Å². The molecule has 0 bridgehead atoms. The fourth-order valence-corrected chi connectivity index (χ4v) is 3.20. The zero-order valence-corrected chi connectivity index (χ0v) is 14.9. The predicted octanol–water partition coefficient (Wildman–Crippen LogP) is 2.57. The van der Waals surface area contributed by atoms with Gasteiger partial charge in [-0.25, -0.2) is 4.98 Å². The van der Waals surface area contributed by atoms with E-state index in [0.717, 1.165) is 43.7 Å². The largest absolute Gasteiger partial charge is 0.481 e. The van der Waals surface area contributed by atoms with E-state index in [9.17, 15) is 0 Å². The minimum Gasteiger partial charge on any atom is -0.481 e. The van der Waals surface area contributed by atoms with Crippen molar-refractivity contribution in [3.8, 4) is 5.88 Å². The molecule has 0 aliphatic carbocycles. The number of ether oxygens (including phenoxy) is 1. The molecule has 0 radical (unpaired) electrons. The maximum atomic E-state index is 5.10. The topological polar surface area (TPSA) is 41.5 Å². The van der Waals surface area contributed by atoms with Crippen LogP contribution < -0.4 is 4.74 Å². The summed E-state index contributed by atoms with van der Waals surface area (Å²) in [6.45, 7) is 6.22. The van der Waals surface area contributed by atoms with E-state index in [0.29, 0.717) is 5.88 Å². The molecular weight excluding hydrogens is 356 g/mol. The number of piperazine rings is 1. The Kier molecular flexibility index (Phi) is 5.59. The van der Waals surface area contributed by atoms with Crippen molar-refractivity contribution < 1.29 is 4.74 Å². The first-order valence-electron chi connectivity index (χ1n) is 7.76. The Morgan fingerprint density at radius 2 is 1.70 bits per heavy atom. The molecule has 1 saturated heterocycles. The highest BCUT2D eigenvalue weighted by Crippen LogP contribution is 2.14. The van der Waals surface area contributed by atoms with Crippen LogP contribution in [0.2, 0.25) is 0 Å². The highest BCUT2D eigenvalue weighted by molar-refractivity contribution is 9.10. The first kappa shape index (κ1) is 16.4. The van der Waals surface area contributed by atoms with Crippen LogP contribution in [-0.4, -0.2) is 53.1 Å². The third kappa shape index (κ3) is 4.73. The summed E-state index contributed by atoms with van der Waals surface area (Å²) in [7, 11) is 1.64.